The zero-order valence-electron chi connectivity index (χ0n) is 14.6. The highest BCUT2D eigenvalue weighted by Gasteiger charge is 2.16. The van der Waals surface area contributed by atoms with Gasteiger partial charge in [0.2, 0.25) is 0 Å². The van der Waals surface area contributed by atoms with Crippen molar-refractivity contribution in [3.63, 3.8) is 0 Å². The maximum absolute atomic E-state index is 5.44. The van der Waals surface area contributed by atoms with Crippen molar-refractivity contribution < 1.29 is 4.52 Å². The fraction of sp³-hybridized carbons (Fsp3) is 0.765. The summed E-state index contributed by atoms with van der Waals surface area (Å²) in [5.74, 6) is 2.22. The number of nitrogens with zero attached hydrogens (tertiary/aromatic N) is 2. The molecule has 0 spiro atoms. The van der Waals surface area contributed by atoms with Crippen molar-refractivity contribution in [3.8, 4) is 0 Å². The molecule has 0 radical (unpaired) electrons. The third-order valence-corrected chi connectivity index (χ3v) is 4.58. The van der Waals surface area contributed by atoms with E-state index in [1.165, 1.54) is 32.1 Å². The average molecular weight is 434 g/mol. The molecule has 2 N–H and O–H groups in total. The molecule has 2 rings (SSSR count). The van der Waals surface area contributed by atoms with Gasteiger partial charge in [-0.15, -0.1) is 24.0 Å². The molecule has 23 heavy (non-hydrogen) atoms. The van der Waals surface area contributed by atoms with E-state index in [4.69, 9.17) is 4.52 Å². The van der Waals surface area contributed by atoms with Crippen LogP contribution in [0.2, 0.25) is 0 Å². The summed E-state index contributed by atoms with van der Waals surface area (Å²) in [7, 11) is 1.81. The Bertz CT molecular complexity index is 465. The maximum Gasteiger partial charge on any atom is 0.191 e. The van der Waals surface area contributed by atoms with E-state index in [9.17, 15) is 0 Å². The molecule has 6 heteroatoms. The SMILES string of the molecule is CCC(CC)c1cc(CNC(=NC)NC2CCCCC2)on1.I. The lowest BCUT2D eigenvalue weighted by Crippen LogP contribution is -2.43. The topological polar surface area (TPSA) is 62.5 Å². The number of rotatable bonds is 6. The van der Waals surface area contributed by atoms with Crippen LogP contribution in [0.5, 0.6) is 0 Å². The van der Waals surface area contributed by atoms with Gasteiger partial charge in [0.1, 0.15) is 0 Å². The Kier molecular flexibility index (Phi) is 9.59. The summed E-state index contributed by atoms with van der Waals surface area (Å²) in [4.78, 5) is 4.30. The summed E-state index contributed by atoms with van der Waals surface area (Å²) in [5, 5.41) is 11.0. The Morgan fingerprint density at radius 2 is 2.00 bits per heavy atom. The molecule has 0 unspecified atom stereocenters. The zero-order valence-corrected chi connectivity index (χ0v) is 16.9. The van der Waals surface area contributed by atoms with Crippen LogP contribution in [0.3, 0.4) is 0 Å². The molecule has 5 nitrogen and oxygen atoms in total. The first-order valence-electron chi connectivity index (χ1n) is 8.69. The number of aromatic nitrogens is 1. The van der Waals surface area contributed by atoms with E-state index in [2.05, 4.69) is 40.7 Å². The third-order valence-electron chi connectivity index (χ3n) is 4.58. The van der Waals surface area contributed by atoms with Crippen molar-refractivity contribution in [3.05, 3.63) is 17.5 Å². The molecule has 1 saturated carbocycles. The van der Waals surface area contributed by atoms with Gasteiger partial charge >= 0.3 is 0 Å². The molecule has 1 aromatic rings. The Morgan fingerprint density at radius 1 is 1.30 bits per heavy atom. The molecule has 0 bridgehead atoms. The molecule has 1 aliphatic rings. The monoisotopic (exact) mass is 434 g/mol. The van der Waals surface area contributed by atoms with Gasteiger partial charge in [-0.1, -0.05) is 38.3 Å². The molecule has 1 aliphatic carbocycles. The lowest BCUT2D eigenvalue weighted by atomic mass is 9.96. The summed E-state index contributed by atoms with van der Waals surface area (Å²) in [6, 6.07) is 2.62. The predicted octanol–water partition coefficient (Wildman–Crippen LogP) is 4.19. The number of hydrogen-bond acceptors (Lipinski definition) is 3. The van der Waals surface area contributed by atoms with Crippen molar-refractivity contribution in [2.45, 2.75) is 77.3 Å². The van der Waals surface area contributed by atoms with Crippen LogP contribution < -0.4 is 10.6 Å². The number of hydrogen-bond donors (Lipinski definition) is 2. The van der Waals surface area contributed by atoms with Gasteiger partial charge in [-0.05, 0) is 25.7 Å². The van der Waals surface area contributed by atoms with Gasteiger partial charge in [-0.3, -0.25) is 4.99 Å². The molecule has 1 aromatic heterocycles. The van der Waals surface area contributed by atoms with Crippen molar-refractivity contribution in [1.82, 2.24) is 15.8 Å². The Hall–Kier alpha value is -0.790. The molecule has 1 heterocycles. The highest BCUT2D eigenvalue weighted by Crippen LogP contribution is 2.22. The summed E-state index contributed by atoms with van der Waals surface area (Å²) in [6.45, 7) is 5.01. The number of nitrogens with one attached hydrogen (secondary N) is 2. The fourth-order valence-electron chi connectivity index (χ4n) is 3.12. The second-order valence-corrected chi connectivity index (χ2v) is 6.14. The molecular weight excluding hydrogens is 403 g/mol. The number of halogens is 1. The van der Waals surface area contributed by atoms with E-state index < -0.39 is 0 Å². The van der Waals surface area contributed by atoms with Gasteiger partial charge in [0, 0.05) is 25.1 Å². The minimum Gasteiger partial charge on any atom is -0.359 e. The minimum atomic E-state index is 0. The molecular formula is C17H31IN4O. The lowest BCUT2D eigenvalue weighted by molar-refractivity contribution is 0.366. The minimum absolute atomic E-state index is 0. The van der Waals surface area contributed by atoms with Gasteiger partial charge in [-0.2, -0.15) is 0 Å². The summed E-state index contributed by atoms with van der Waals surface area (Å²) < 4.78 is 5.44. The van der Waals surface area contributed by atoms with Gasteiger partial charge in [0.25, 0.3) is 0 Å². The predicted molar refractivity (Wildman–Crippen MR) is 105 cm³/mol. The van der Waals surface area contributed by atoms with Crippen LogP contribution in [0.25, 0.3) is 0 Å². The lowest BCUT2D eigenvalue weighted by Gasteiger charge is -2.24. The van der Waals surface area contributed by atoms with Crippen molar-refractivity contribution in [2.75, 3.05) is 7.05 Å². The Morgan fingerprint density at radius 3 is 2.61 bits per heavy atom. The van der Waals surface area contributed by atoms with Crippen LogP contribution in [0.1, 0.15) is 76.2 Å². The summed E-state index contributed by atoms with van der Waals surface area (Å²) >= 11 is 0. The van der Waals surface area contributed by atoms with Crippen molar-refractivity contribution >= 4 is 29.9 Å². The Labute approximate surface area is 157 Å². The highest BCUT2D eigenvalue weighted by molar-refractivity contribution is 14.0. The molecule has 1 fully saturated rings. The number of guanidine groups is 1. The van der Waals surface area contributed by atoms with E-state index in [0.717, 1.165) is 30.3 Å². The van der Waals surface area contributed by atoms with Gasteiger partial charge in [0.15, 0.2) is 11.7 Å². The maximum atomic E-state index is 5.44. The van der Waals surface area contributed by atoms with E-state index in [1.54, 1.807) is 0 Å². The van der Waals surface area contributed by atoms with Crippen LogP contribution >= 0.6 is 24.0 Å². The molecule has 0 aromatic carbocycles. The van der Waals surface area contributed by atoms with Crippen molar-refractivity contribution in [2.24, 2.45) is 4.99 Å². The van der Waals surface area contributed by atoms with Gasteiger partial charge in [0.05, 0.1) is 12.2 Å². The second kappa shape index (κ2) is 10.9. The van der Waals surface area contributed by atoms with Crippen LogP contribution in [0, 0.1) is 0 Å². The molecule has 0 atom stereocenters. The molecule has 132 valence electrons. The van der Waals surface area contributed by atoms with E-state index in [-0.39, 0.29) is 24.0 Å². The Balaban J connectivity index is 0.00000264. The number of aliphatic imine (C=N–C) groups is 1. The molecule has 0 amide bonds. The standard InChI is InChI=1S/C17H30N4O.HI/c1-4-13(5-2)16-11-15(22-21-16)12-19-17(18-3)20-14-9-7-6-8-10-14;/h11,13-14H,4-10,12H2,1-3H3,(H2,18,19,20);1H. The smallest absolute Gasteiger partial charge is 0.191 e. The summed E-state index contributed by atoms with van der Waals surface area (Å²) in [6.07, 6.45) is 8.66. The largest absolute Gasteiger partial charge is 0.359 e. The highest BCUT2D eigenvalue weighted by atomic mass is 127. The first-order valence-corrected chi connectivity index (χ1v) is 8.69. The third kappa shape index (κ3) is 6.31. The van der Waals surface area contributed by atoms with Gasteiger partial charge in [-0.25, -0.2) is 0 Å². The van der Waals surface area contributed by atoms with E-state index in [1.807, 2.05) is 7.05 Å². The average Bonchev–Trinajstić information content (AvgIpc) is 3.02. The molecule has 0 aliphatic heterocycles. The quantitative estimate of drug-likeness (QED) is 0.400. The zero-order chi connectivity index (χ0) is 15.8. The van der Waals surface area contributed by atoms with Crippen molar-refractivity contribution in [1.29, 1.82) is 0 Å². The van der Waals surface area contributed by atoms with Crippen LogP contribution in [-0.2, 0) is 6.54 Å². The van der Waals surface area contributed by atoms with Gasteiger partial charge < -0.3 is 15.2 Å². The van der Waals surface area contributed by atoms with E-state index in [0.29, 0.717) is 18.5 Å². The van der Waals surface area contributed by atoms with E-state index >= 15 is 0 Å². The van der Waals surface area contributed by atoms with Crippen LogP contribution in [0.15, 0.2) is 15.6 Å². The first kappa shape index (κ1) is 20.3. The first-order chi connectivity index (χ1) is 10.8. The fourth-order valence-corrected chi connectivity index (χ4v) is 3.12. The second-order valence-electron chi connectivity index (χ2n) is 6.14. The van der Waals surface area contributed by atoms with Crippen LogP contribution in [0.4, 0.5) is 0 Å². The normalized spacial score (nSPS) is 16.3. The molecule has 0 saturated heterocycles. The van der Waals surface area contributed by atoms with Crippen LogP contribution in [-0.4, -0.2) is 24.2 Å². The summed E-state index contributed by atoms with van der Waals surface area (Å²) in [5.41, 5.74) is 1.07.